The van der Waals surface area contributed by atoms with Crippen LogP contribution in [0, 0.1) is 0 Å². The van der Waals surface area contributed by atoms with Gasteiger partial charge >= 0.3 is 0 Å². The molecule has 88 valence electrons. The van der Waals surface area contributed by atoms with Crippen LogP contribution in [0.4, 0.5) is 0 Å². The van der Waals surface area contributed by atoms with E-state index in [0.29, 0.717) is 32.1 Å². The largest absolute Gasteiger partial charge is 0.395 e. The van der Waals surface area contributed by atoms with Gasteiger partial charge < -0.3 is 15.3 Å². The highest BCUT2D eigenvalue weighted by atomic mass is 16.3. The van der Waals surface area contributed by atoms with E-state index in [1.54, 1.807) is 11.0 Å². The monoisotopic (exact) mass is 214 g/mol. The van der Waals surface area contributed by atoms with Gasteiger partial charge in [0.25, 0.3) is 0 Å². The van der Waals surface area contributed by atoms with Crippen LogP contribution in [-0.4, -0.2) is 48.2 Å². The predicted molar refractivity (Wildman–Crippen MR) is 61.6 cm³/mol. The van der Waals surface area contributed by atoms with E-state index >= 15 is 0 Å². The summed E-state index contributed by atoms with van der Waals surface area (Å²) in [6.07, 6.45) is 2.13. The van der Waals surface area contributed by atoms with Crippen LogP contribution < -0.4 is 5.32 Å². The third-order valence-electron chi connectivity index (χ3n) is 1.96. The molecule has 0 heterocycles. The summed E-state index contributed by atoms with van der Waals surface area (Å²) in [5.41, 5.74) is 0. The zero-order valence-corrected chi connectivity index (χ0v) is 9.70. The van der Waals surface area contributed by atoms with Gasteiger partial charge in [0, 0.05) is 32.1 Å². The number of nitrogens with one attached hydrogen (secondary N) is 1. The summed E-state index contributed by atoms with van der Waals surface area (Å²) in [6.45, 7) is 9.22. The molecule has 0 spiro atoms. The van der Waals surface area contributed by atoms with E-state index in [9.17, 15) is 4.79 Å². The fourth-order valence-corrected chi connectivity index (χ4v) is 1.22. The molecule has 0 rings (SSSR count). The summed E-state index contributed by atoms with van der Waals surface area (Å²) in [4.78, 5) is 13.2. The molecular formula is C11H22N2O2. The van der Waals surface area contributed by atoms with Crippen LogP contribution >= 0.6 is 0 Å². The van der Waals surface area contributed by atoms with Crippen LogP contribution in [0.5, 0.6) is 0 Å². The number of carbonyl (C=O) groups is 1. The number of nitrogens with zero attached hydrogens (tertiary/aromatic N) is 1. The van der Waals surface area contributed by atoms with Gasteiger partial charge in [-0.25, -0.2) is 0 Å². The molecule has 0 atom stereocenters. The van der Waals surface area contributed by atoms with Crippen LogP contribution in [0.3, 0.4) is 0 Å². The molecule has 0 radical (unpaired) electrons. The first kappa shape index (κ1) is 14.1. The van der Waals surface area contributed by atoms with Gasteiger partial charge in [0.15, 0.2) is 0 Å². The van der Waals surface area contributed by atoms with Crippen LogP contribution in [-0.2, 0) is 4.79 Å². The van der Waals surface area contributed by atoms with Crippen LogP contribution in [0.1, 0.15) is 20.3 Å². The molecular weight excluding hydrogens is 192 g/mol. The lowest BCUT2D eigenvalue weighted by molar-refractivity contribution is -0.131. The average Bonchev–Trinajstić information content (AvgIpc) is 2.16. The molecule has 0 aromatic heterocycles. The number of aliphatic hydroxyl groups is 1. The molecule has 1 amide bonds. The maximum atomic E-state index is 11.6. The second-order valence-corrected chi connectivity index (χ2v) is 3.71. The van der Waals surface area contributed by atoms with E-state index in [-0.39, 0.29) is 12.5 Å². The molecule has 0 aliphatic carbocycles. The van der Waals surface area contributed by atoms with Gasteiger partial charge in [-0.3, -0.25) is 4.79 Å². The molecule has 0 bridgehead atoms. The van der Waals surface area contributed by atoms with Gasteiger partial charge in [-0.15, -0.1) is 6.58 Å². The molecule has 15 heavy (non-hydrogen) atoms. The molecule has 0 aliphatic rings. The highest BCUT2D eigenvalue weighted by Crippen LogP contribution is 1.94. The highest BCUT2D eigenvalue weighted by Gasteiger charge is 2.10. The van der Waals surface area contributed by atoms with Gasteiger partial charge in [0.1, 0.15) is 0 Å². The van der Waals surface area contributed by atoms with Crippen molar-refractivity contribution in [2.24, 2.45) is 0 Å². The van der Waals surface area contributed by atoms with E-state index < -0.39 is 0 Å². The molecule has 0 saturated heterocycles. The number of rotatable bonds is 8. The number of carbonyl (C=O) groups excluding carboxylic acids is 1. The topological polar surface area (TPSA) is 52.6 Å². The van der Waals surface area contributed by atoms with Crippen LogP contribution in [0.2, 0.25) is 0 Å². The minimum Gasteiger partial charge on any atom is -0.395 e. The summed E-state index contributed by atoms with van der Waals surface area (Å²) >= 11 is 0. The Morgan fingerprint density at radius 3 is 2.73 bits per heavy atom. The number of hydrogen-bond donors (Lipinski definition) is 2. The van der Waals surface area contributed by atoms with Crippen molar-refractivity contribution in [2.75, 3.05) is 26.2 Å². The molecule has 0 unspecified atom stereocenters. The van der Waals surface area contributed by atoms with Crippen molar-refractivity contribution in [3.05, 3.63) is 12.7 Å². The van der Waals surface area contributed by atoms with Crippen LogP contribution in [0.15, 0.2) is 12.7 Å². The lowest BCUT2D eigenvalue weighted by atomic mass is 10.3. The van der Waals surface area contributed by atoms with Gasteiger partial charge in [0.05, 0.1) is 6.61 Å². The summed E-state index contributed by atoms with van der Waals surface area (Å²) < 4.78 is 0. The summed E-state index contributed by atoms with van der Waals surface area (Å²) in [5, 5.41) is 12.0. The molecule has 2 N–H and O–H groups in total. The van der Waals surface area contributed by atoms with E-state index in [4.69, 9.17) is 5.11 Å². The van der Waals surface area contributed by atoms with Gasteiger partial charge in [-0.1, -0.05) is 19.9 Å². The maximum absolute atomic E-state index is 11.6. The van der Waals surface area contributed by atoms with E-state index in [0.717, 1.165) is 0 Å². The molecule has 0 saturated carbocycles. The Morgan fingerprint density at radius 2 is 2.27 bits per heavy atom. The van der Waals surface area contributed by atoms with E-state index in [2.05, 4.69) is 11.9 Å². The smallest absolute Gasteiger partial charge is 0.224 e. The quantitative estimate of drug-likeness (QED) is 0.574. The van der Waals surface area contributed by atoms with E-state index in [1.807, 2.05) is 13.8 Å². The molecule has 4 heteroatoms. The summed E-state index contributed by atoms with van der Waals surface area (Å²) in [7, 11) is 0. The van der Waals surface area contributed by atoms with Gasteiger partial charge in [-0.2, -0.15) is 0 Å². The van der Waals surface area contributed by atoms with E-state index in [1.165, 1.54) is 0 Å². The van der Waals surface area contributed by atoms with Crippen molar-refractivity contribution >= 4 is 5.91 Å². The minimum absolute atomic E-state index is 0.00279. The zero-order valence-electron chi connectivity index (χ0n) is 9.70. The van der Waals surface area contributed by atoms with Crippen molar-refractivity contribution in [2.45, 2.75) is 26.3 Å². The Labute approximate surface area is 92.0 Å². The van der Waals surface area contributed by atoms with Crippen molar-refractivity contribution in [3.8, 4) is 0 Å². The Balaban J connectivity index is 3.85. The molecule has 0 aromatic rings. The molecule has 4 nitrogen and oxygen atoms in total. The van der Waals surface area contributed by atoms with Crippen molar-refractivity contribution in [3.63, 3.8) is 0 Å². The minimum atomic E-state index is -0.00279. The average molecular weight is 214 g/mol. The standard InChI is InChI=1S/C11H22N2O2/c1-4-7-13(8-9-14)11(15)5-6-12-10(2)3/h4,10,12,14H,1,5-9H2,2-3H3. The Hall–Kier alpha value is -0.870. The lowest BCUT2D eigenvalue weighted by Gasteiger charge is -2.20. The zero-order chi connectivity index (χ0) is 11.7. The van der Waals surface area contributed by atoms with Gasteiger partial charge in [-0.05, 0) is 0 Å². The third-order valence-corrected chi connectivity index (χ3v) is 1.96. The normalized spacial score (nSPS) is 10.4. The number of amides is 1. The number of aliphatic hydroxyl groups excluding tert-OH is 1. The lowest BCUT2D eigenvalue weighted by Crippen LogP contribution is -2.36. The highest BCUT2D eigenvalue weighted by molar-refractivity contribution is 5.76. The SMILES string of the molecule is C=CCN(CCO)C(=O)CCNC(C)C. The van der Waals surface area contributed by atoms with Crippen LogP contribution in [0.25, 0.3) is 0 Å². The van der Waals surface area contributed by atoms with Crippen molar-refractivity contribution in [1.82, 2.24) is 10.2 Å². The second-order valence-electron chi connectivity index (χ2n) is 3.71. The molecule has 0 fully saturated rings. The first-order valence-electron chi connectivity index (χ1n) is 5.34. The van der Waals surface area contributed by atoms with Crippen molar-refractivity contribution < 1.29 is 9.90 Å². The summed E-state index contributed by atoms with van der Waals surface area (Å²) in [5.74, 6) is 0.0529. The summed E-state index contributed by atoms with van der Waals surface area (Å²) in [6, 6.07) is 0.392. The fourth-order valence-electron chi connectivity index (χ4n) is 1.22. The first-order chi connectivity index (χ1) is 7.11. The third kappa shape index (κ3) is 7.11. The second kappa shape index (κ2) is 8.44. The molecule has 0 aliphatic heterocycles. The molecule has 0 aromatic carbocycles. The Bertz CT molecular complexity index is 193. The maximum Gasteiger partial charge on any atom is 0.224 e. The Morgan fingerprint density at radius 1 is 1.60 bits per heavy atom. The number of hydrogen-bond acceptors (Lipinski definition) is 3. The Kier molecular flexibility index (Phi) is 7.95. The fraction of sp³-hybridized carbons (Fsp3) is 0.727. The van der Waals surface area contributed by atoms with Gasteiger partial charge in [0.2, 0.25) is 5.91 Å². The van der Waals surface area contributed by atoms with Crippen molar-refractivity contribution in [1.29, 1.82) is 0 Å². The first-order valence-corrected chi connectivity index (χ1v) is 5.34. The predicted octanol–water partition coefficient (Wildman–Crippen LogP) is 0.381.